The number of fused-ring (bicyclic) bond motifs is 1. The first-order valence-corrected chi connectivity index (χ1v) is 5.77. The predicted octanol–water partition coefficient (Wildman–Crippen LogP) is 3.77. The van der Waals surface area contributed by atoms with Crippen LogP contribution in [0.2, 0.25) is 0 Å². The van der Waals surface area contributed by atoms with E-state index in [4.69, 9.17) is 9.52 Å². The van der Waals surface area contributed by atoms with E-state index in [0.29, 0.717) is 5.76 Å². The van der Waals surface area contributed by atoms with Crippen molar-refractivity contribution in [1.82, 2.24) is 0 Å². The van der Waals surface area contributed by atoms with Crippen LogP contribution in [0.3, 0.4) is 0 Å². The van der Waals surface area contributed by atoms with E-state index >= 15 is 0 Å². The van der Waals surface area contributed by atoms with E-state index in [1.165, 1.54) is 0 Å². The lowest BCUT2D eigenvalue weighted by Crippen LogP contribution is -2.01. The second-order valence-corrected chi connectivity index (χ2v) is 4.65. The summed E-state index contributed by atoms with van der Waals surface area (Å²) in [6, 6.07) is 7.59. The maximum absolute atomic E-state index is 10.6. The average Bonchev–Trinajstić information content (AvgIpc) is 2.61. The molecular formula is C12H11BrO3. The van der Waals surface area contributed by atoms with Crippen LogP contribution in [-0.4, -0.2) is 11.1 Å². The lowest BCUT2D eigenvalue weighted by Gasteiger charge is -2.02. The molecule has 84 valence electrons. The van der Waals surface area contributed by atoms with Gasteiger partial charge in [0.05, 0.1) is 6.42 Å². The number of halogens is 1. The van der Waals surface area contributed by atoms with Gasteiger partial charge in [0, 0.05) is 15.8 Å². The molecule has 1 heterocycles. The smallest absolute Gasteiger partial charge is 0.304 e. The molecule has 0 aliphatic carbocycles. The lowest BCUT2D eigenvalue weighted by molar-refractivity contribution is -0.137. The van der Waals surface area contributed by atoms with Crippen LogP contribution in [0.25, 0.3) is 11.0 Å². The minimum Gasteiger partial charge on any atom is -0.481 e. The molecule has 3 nitrogen and oxygen atoms in total. The Morgan fingerprint density at radius 1 is 1.56 bits per heavy atom. The molecule has 0 saturated carbocycles. The highest BCUT2D eigenvalue weighted by atomic mass is 79.9. The molecule has 0 fully saturated rings. The monoisotopic (exact) mass is 282 g/mol. The van der Waals surface area contributed by atoms with Crippen molar-refractivity contribution in [2.75, 3.05) is 0 Å². The first-order chi connectivity index (χ1) is 7.58. The highest BCUT2D eigenvalue weighted by molar-refractivity contribution is 9.10. The van der Waals surface area contributed by atoms with Crippen LogP contribution in [0.5, 0.6) is 0 Å². The van der Waals surface area contributed by atoms with E-state index in [0.717, 1.165) is 15.4 Å². The normalized spacial score (nSPS) is 12.9. The van der Waals surface area contributed by atoms with Gasteiger partial charge in [-0.1, -0.05) is 28.9 Å². The minimum absolute atomic E-state index is 0.0808. The Bertz CT molecular complexity index is 530. The third-order valence-electron chi connectivity index (χ3n) is 2.49. The summed E-state index contributed by atoms with van der Waals surface area (Å²) >= 11 is 3.43. The van der Waals surface area contributed by atoms with Crippen molar-refractivity contribution in [1.29, 1.82) is 0 Å². The van der Waals surface area contributed by atoms with Crippen LogP contribution >= 0.6 is 15.9 Å². The van der Waals surface area contributed by atoms with Gasteiger partial charge in [-0.05, 0) is 18.2 Å². The molecule has 0 spiro atoms. The predicted molar refractivity (Wildman–Crippen MR) is 64.6 cm³/mol. The van der Waals surface area contributed by atoms with E-state index in [1.54, 1.807) is 0 Å². The van der Waals surface area contributed by atoms with E-state index < -0.39 is 5.97 Å². The number of furan rings is 1. The molecular weight excluding hydrogens is 272 g/mol. The fourth-order valence-electron chi connectivity index (χ4n) is 1.65. The van der Waals surface area contributed by atoms with Gasteiger partial charge < -0.3 is 9.52 Å². The number of aliphatic carboxylic acids is 1. The number of rotatable bonds is 3. The highest BCUT2D eigenvalue weighted by Gasteiger charge is 2.15. The zero-order chi connectivity index (χ0) is 11.7. The zero-order valence-electron chi connectivity index (χ0n) is 8.74. The second-order valence-electron chi connectivity index (χ2n) is 3.80. The Labute approximate surface area is 101 Å². The van der Waals surface area contributed by atoms with Gasteiger partial charge in [-0.25, -0.2) is 0 Å². The molecule has 0 saturated heterocycles. The summed E-state index contributed by atoms with van der Waals surface area (Å²) in [6.07, 6.45) is 0.0808. The van der Waals surface area contributed by atoms with E-state index in [2.05, 4.69) is 15.9 Å². The van der Waals surface area contributed by atoms with Crippen molar-refractivity contribution < 1.29 is 14.3 Å². The molecule has 0 bridgehead atoms. The topological polar surface area (TPSA) is 50.4 Å². The Balaban J connectivity index is 2.39. The van der Waals surface area contributed by atoms with Crippen LogP contribution in [0, 0.1) is 0 Å². The third kappa shape index (κ3) is 2.11. The maximum atomic E-state index is 10.6. The van der Waals surface area contributed by atoms with Gasteiger partial charge in [-0.3, -0.25) is 4.79 Å². The molecule has 1 unspecified atom stereocenters. The minimum atomic E-state index is -0.813. The van der Waals surface area contributed by atoms with Crippen LogP contribution in [0.15, 0.2) is 33.2 Å². The van der Waals surface area contributed by atoms with Gasteiger partial charge in [-0.15, -0.1) is 0 Å². The first kappa shape index (κ1) is 11.2. The number of benzene rings is 1. The Hall–Kier alpha value is -1.29. The molecule has 16 heavy (non-hydrogen) atoms. The number of carboxylic acids is 1. The van der Waals surface area contributed by atoms with Crippen molar-refractivity contribution in [2.24, 2.45) is 0 Å². The molecule has 1 aromatic heterocycles. The van der Waals surface area contributed by atoms with Gasteiger partial charge in [0.1, 0.15) is 11.3 Å². The quantitative estimate of drug-likeness (QED) is 0.932. The van der Waals surface area contributed by atoms with Crippen molar-refractivity contribution in [3.63, 3.8) is 0 Å². The van der Waals surface area contributed by atoms with Crippen LogP contribution in [0.4, 0.5) is 0 Å². The third-order valence-corrected chi connectivity index (χ3v) is 3.19. The van der Waals surface area contributed by atoms with Crippen LogP contribution in [-0.2, 0) is 4.79 Å². The average molecular weight is 283 g/mol. The van der Waals surface area contributed by atoms with Crippen LogP contribution in [0.1, 0.15) is 25.0 Å². The molecule has 1 N–H and O–H groups in total. The van der Waals surface area contributed by atoms with Crippen molar-refractivity contribution in [2.45, 2.75) is 19.3 Å². The summed E-state index contributed by atoms with van der Waals surface area (Å²) in [4.78, 5) is 10.6. The Morgan fingerprint density at radius 2 is 2.31 bits per heavy atom. The molecule has 2 aromatic rings. The first-order valence-electron chi connectivity index (χ1n) is 4.97. The molecule has 1 aromatic carbocycles. The van der Waals surface area contributed by atoms with E-state index in [1.807, 2.05) is 31.2 Å². The number of carbonyl (C=O) groups is 1. The van der Waals surface area contributed by atoms with Gasteiger partial charge in [-0.2, -0.15) is 0 Å². The summed E-state index contributed by atoms with van der Waals surface area (Å²) in [5, 5.41) is 9.70. The Morgan fingerprint density at radius 3 is 2.94 bits per heavy atom. The SMILES string of the molecule is CC(CC(=O)O)c1cc2c(Br)cccc2o1. The molecule has 0 aliphatic heterocycles. The molecule has 0 aliphatic rings. The fraction of sp³-hybridized carbons (Fsp3) is 0.250. The van der Waals surface area contributed by atoms with Crippen molar-refractivity contribution >= 4 is 32.9 Å². The molecule has 1 atom stereocenters. The summed E-state index contributed by atoms with van der Waals surface area (Å²) in [5.41, 5.74) is 0.779. The van der Waals surface area contributed by atoms with Gasteiger partial charge in [0.25, 0.3) is 0 Å². The maximum Gasteiger partial charge on any atom is 0.304 e. The zero-order valence-corrected chi connectivity index (χ0v) is 10.3. The number of carboxylic acid groups (broad SMARTS) is 1. The van der Waals surface area contributed by atoms with E-state index in [9.17, 15) is 4.79 Å². The largest absolute Gasteiger partial charge is 0.481 e. The molecule has 0 radical (unpaired) electrons. The standard InChI is InChI=1S/C12H11BrO3/c1-7(5-12(14)15)11-6-8-9(13)3-2-4-10(8)16-11/h2-4,6-7H,5H2,1H3,(H,14,15). The molecule has 0 amide bonds. The molecule has 2 rings (SSSR count). The van der Waals surface area contributed by atoms with Crippen LogP contribution < -0.4 is 0 Å². The lowest BCUT2D eigenvalue weighted by atomic mass is 10.1. The van der Waals surface area contributed by atoms with Crippen molar-refractivity contribution in [3.05, 3.63) is 34.5 Å². The van der Waals surface area contributed by atoms with E-state index in [-0.39, 0.29) is 12.3 Å². The number of hydrogen-bond donors (Lipinski definition) is 1. The number of hydrogen-bond acceptors (Lipinski definition) is 2. The molecule has 4 heteroatoms. The highest BCUT2D eigenvalue weighted by Crippen LogP contribution is 2.31. The van der Waals surface area contributed by atoms with Gasteiger partial charge in [0.2, 0.25) is 0 Å². The summed E-state index contributed by atoms with van der Waals surface area (Å²) in [7, 11) is 0. The van der Waals surface area contributed by atoms with Gasteiger partial charge in [0.15, 0.2) is 0 Å². The fourth-order valence-corrected chi connectivity index (χ4v) is 2.11. The summed E-state index contributed by atoms with van der Waals surface area (Å²) in [6.45, 7) is 1.85. The summed E-state index contributed by atoms with van der Waals surface area (Å²) < 4.78 is 6.58. The summed E-state index contributed by atoms with van der Waals surface area (Å²) in [5.74, 6) is -0.215. The Kier molecular flexibility index (Phi) is 3.01. The second kappa shape index (κ2) is 4.29. The van der Waals surface area contributed by atoms with Gasteiger partial charge >= 0.3 is 5.97 Å². The van der Waals surface area contributed by atoms with Crippen molar-refractivity contribution in [3.8, 4) is 0 Å².